The molecule has 0 amide bonds. The van der Waals surface area contributed by atoms with Crippen molar-refractivity contribution in [3.8, 4) is 0 Å². The molecule has 2 N–H and O–H groups in total. The van der Waals surface area contributed by atoms with Gasteiger partial charge >= 0.3 is 0 Å². The van der Waals surface area contributed by atoms with Gasteiger partial charge in [-0.1, -0.05) is 36.8 Å². The van der Waals surface area contributed by atoms with E-state index in [-0.39, 0.29) is 0 Å². The second-order valence-electron chi connectivity index (χ2n) is 5.42. The molecule has 1 aromatic rings. The minimum absolute atomic E-state index is 0.691. The van der Waals surface area contributed by atoms with Crippen LogP contribution in [-0.2, 0) is 0 Å². The van der Waals surface area contributed by atoms with Crippen molar-refractivity contribution in [1.29, 1.82) is 0 Å². The van der Waals surface area contributed by atoms with Crippen LogP contribution in [0.25, 0.3) is 0 Å². The number of benzene rings is 1. The van der Waals surface area contributed by atoms with Gasteiger partial charge in [-0.05, 0) is 31.4 Å². The van der Waals surface area contributed by atoms with E-state index in [2.05, 4.69) is 41.0 Å². The van der Waals surface area contributed by atoms with Gasteiger partial charge in [0.05, 0.1) is 0 Å². The van der Waals surface area contributed by atoms with Crippen LogP contribution in [0.5, 0.6) is 0 Å². The molecule has 1 aliphatic heterocycles. The second kappa shape index (κ2) is 5.19. The van der Waals surface area contributed by atoms with E-state index in [1.165, 1.54) is 37.8 Å². The highest BCUT2D eigenvalue weighted by Gasteiger charge is 2.39. The van der Waals surface area contributed by atoms with Crippen LogP contribution in [0.4, 0.5) is 0 Å². The minimum atomic E-state index is 0.691. The summed E-state index contributed by atoms with van der Waals surface area (Å²) in [5.74, 6) is 0.763. The van der Waals surface area contributed by atoms with Gasteiger partial charge in [-0.2, -0.15) is 0 Å². The van der Waals surface area contributed by atoms with Crippen molar-refractivity contribution < 1.29 is 0 Å². The summed E-state index contributed by atoms with van der Waals surface area (Å²) in [4.78, 5) is 0. The molecule has 0 bridgehead atoms. The summed E-state index contributed by atoms with van der Waals surface area (Å²) in [6, 6.07) is 12.3. The smallest absolute Gasteiger partial charge is 0.0195 e. The van der Waals surface area contributed by atoms with Crippen molar-refractivity contribution in [2.45, 2.75) is 43.7 Å². The van der Waals surface area contributed by atoms with Crippen molar-refractivity contribution >= 4 is 0 Å². The summed E-state index contributed by atoms with van der Waals surface area (Å²) < 4.78 is 0. The quantitative estimate of drug-likeness (QED) is 0.832. The minimum Gasteiger partial charge on any atom is -0.315 e. The summed E-state index contributed by atoms with van der Waals surface area (Å²) in [5, 5.41) is 7.34. The van der Waals surface area contributed by atoms with E-state index in [0.717, 1.165) is 18.5 Å². The molecule has 2 aliphatic rings. The van der Waals surface area contributed by atoms with E-state index < -0.39 is 0 Å². The molecule has 3 rings (SSSR count). The Morgan fingerprint density at radius 2 is 2.00 bits per heavy atom. The lowest BCUT2D eigenvalue weighted by Gasteiger charge is -2.16. The summed E-state index contributed by atoms with van der Waals surface area (Å²) in [5.41, 5.74) is 1.51. The molecule has 1 saturated carbocycles. The van der Waals surface area contributed by atoms with Crippen molar-refractivity contribution in [3.63, 3.8) is 0 Å². The van der Waals surface area contributed by atoms with E-state index in [1.807, 2.05) is 0 Å². The van der Waals surface area contributed by atoms with Crippen molar-refractivity contribution in [1.82, 2.24) is 10.6 Å². The van der Waals surface area contributed by atoms with Crippen LogP contribution in [0.15, 0.2) is 30.3 Å². The Hall–Kier alpha value is -0.860. The number of hydrogen-bond acceptors (Lipinski definition) is 2. The molecule has 2 fully saturated rings. The fourth-order valence-electron chi connectivity index (χ4n) is 2.91. The Balaban J connectivity index is 1.51. The van der Waals surface area contributed by atoms with Crippen LogP contribution in [0.2, 0.25) is 0 Å². The molecule has 1 aliphatic carbocycles. The number of hydrogen-bond donors (Lipinski definition) is 2. The standard InChI is InChI=1S/C15H22N2/c1-2-6-12(7-3-1)14-10-15(14)17-13-8-4-5-9-16-11-13/h1-3,6-7,13-17H,4-5,8-11H2. The van der Waals surface area contributed by atoms with E-state index in [9.17, 15) is 0 Å². The van der Waals surface area contributed by atoms with Gasteiger partial charge in [-0.15, -0.1) is 0 Å². The lowest BCUT2D eigenvalue weighted by Crippen LogP contribution is -2.38. The Bertz CT molecular complexity index is 341. The highest BCUT2D eigenvalue weighted by Crippen LogP contribution is 2.41. The van der Waals surface area contributed by atoms with Crippen LogP contribution >= 0.6 is 0 Å². The van der Waals surface area contributed by atoms with Crippen LogP contribution in [0.1, 0.15) is 37.2 Å². The Morgan fingerprint density at radius 1 is 1.12 bits per heavy atom. The van der Waals surface area contributed by atoms with E-state index >= 15 is 0 Å². The Labute approximate surface area is 104 Å². The summed E-state index contributed by atoms with van der Waals surface area (Å²) in [6.45, 7) is 2.35. The molecule has 0 spiro atoms. The summed E-state index contributed by atoms with van der Waals surface area (Å²) in [6.07, 6.45) is 5.36. The predicted molar refractivity (Wildman–Crippen MR) is 71.2 cm³/mol. The van der Waals surface area contributed by atoms with Crippen molar-refractivity contribution in [2.24, 2.45) is 0 Å². The number of rotatable bonds is 3. The third-order valence-electron chi connectivity index (χ3n) is 4.01. The fraction of sp³-hybridized carbons (Fsp3) is 0.600. The molecule has 0 radical (unpaired) electrons. The summed E-state index contributed by atoms with van der Waals surface area (Å²) >= 11 is 0. The van der Waals surface area contributed by atoms with Gasteiger partial charge in [0, 0.05) is 24.5 Å². The third kappa shape index (κ3) is 2.88. The molecule has 92 valence electrons. The van der Waals surface area contributed by atoms with Gasteiger partial charge in [0.2, 0.25) is 0 Å². The zero-order chi connectivity index (χ0) is 11.5. The average molecular weight is 230 g/mol. The maximum Gasteiger partial charge on any atom is 0.0195 e. The van der Waals surface area contributed by atoms with Gasteiger partial charge in [0.25, 0.3) is 0 Å². The molecule has 3 unspecified atom stereocenters. The zero-order valence-electron chi connectivity index (χ0n) is 10.4. The number of nitrogens with one attached hydrogen (secondary N) is 2. The van der Waals surface area contributed by atoms with Crippen LogP contribution in [0, 0.1) is 0 Å². The molecule has 2 heteroatoms. The fourth-order valence-corrected chi connectivity index (χ4v) is 2.91. The van der Waals surface area contributed by atoms with E-state index in [0.29, 0.717) is 6.04 Å². The van der Waals surface area contributed by atoms with Gasteiger partial charge in [-0.3, -0.25) is 0 Å². The maximum atomic E-state index is 3.82. The first kappa shape index (κ1) is 11.2. The first-order chi connectivity index (χ1) is 8.43. The molecular formula is C15H22N2. The van der Waals surface area contributed by atoms with Gasteiger partial charge in [0.1, 0.15) is 0 Å². The molecule has 1 heterocycles. The molecular weight excluding hydrogens is 208 g/mol. The lowest BCUT2D eigenvalue weighted by molar-refractivity contribution is 0.468. The molecule has 1 aromatic carbocycles. The first-order valence-corrected chi connectivity index (χ1v) is 6.95. The molecule has 0 aromatic heterocycles. The zero-order valence-corrected chi connectivity index (χ0v) is 10.4. The van der Waals surface area contributed by atoms with Crippen molar-refractivity contribution in [2.75, 3.05) is 13.1 Å². The molecule has 17 heavy (non-hydrogen) atoms. The monoisotopic (exact) mass is 230 g/mol. The van der Waals surface area contributed by atoms with Crippen LogP contribution in [-0.4, -0.2) is 25.2 Å². The first-order valence-electron chi connectivity index (χ1n) is 6.95. The molecule has 2 nitrogen and oxygen atoms in total. The Morgan fingerprint density at radius 3 is 2.88 bits per heavy atom. The highest BCUT2D eigenvalue weighted by atomic mass is 15.0. The predicted octanol–water partition coefficient (Wildman–Crippen LogP) is 2.27. The topological polar surface area (TPSA) is 24.1 Å². The molecule has 1 saturated heterocycles. The van der Waals surface area contributed by atoms with Crippen LogP contribution in [0.3, 0.4) is 0 Å². The van der Waals surface area contributed by atoms with Gasteiger partial charge < -0.3 is 10.6 Å². The van der Waals surface area contributed by atoms with Crippen molar-refractivity contribution in [3.05, 3.63) is 35.9 Å². The third-order valence-corrected chi connectivity index (χ3v) is 4.01. The highest BCUT2D eigenvalue weighted by molar-refractivity contribution is 5.27. The normalized spacial score (nSPS) is 33.1. The molecule has 3 atom stereocenters. The van der Waals surface area contributed by atoms with Gasteiger partial charge in [-0.25, -0.2) is 0 Å². The van der Waals surface area contributed by atoms with Crippen LogP contribution < -0.4 is 10.6 Å². The lowest BCUT2D eigenvalue weighted by atomic mass is 10.1. The SMILES string of the molecule is c1ccc(C2CC2NC2CCCCNC2)cc1. The summed E-state index contributed by atoms with van der Waals surface area (Å²) in [7, 11) is 0. The van der Waals surface area contributed by atoms with Gasteiger partial charge in [0.15, 0.2) is 0 Å². The van der Waals surface area contributed by atoms with E-state index in [1.54, 1.807) is 0 Å². The van der Waals surface area contributed by atoms with E-state index in [4.69, 9.17) is 0 Å². The average Bonchev–Trinajstić information content (AvgIpc) is 3.16. The second-order valence-corrected chi connectivity index (χ2v) is 5.42. The Kier molecular flexibility index (Phi) is 3.44. The largest absolute Gasteiger partial charge is 0.315 e. The maximum absolute atomic E-state index is 3.82.